The van der Waals surface area contributed by atoms with E-state index in [0.29, 0.717) is 17.2 Å². The molecule has 2 aromatic carbocycles. The van der Waals surface area contributed by atoms with Crippen LogP contribution in [0.15, 0.2) is 48.5 Å². The van der Waals surface area contributed by atoms with Crippen LogP contribution in [0, 0.1) is 11.3 Å². The molecule has 0 atom stereocenters. The van der Waals surface area contributed by atoms with E-state index in [4.69, 9.17) is 4.74 Å². The van der Waals surface area contributed by atoms with Crippen molar-refractivity contribution in [2.24, 2.45) is 11.3 Å². The van der Waals surface area contributed by atoms with E-state index in [0.717, 1.165) is 43.4 Å². The molecule has 230 valence electrons. The zero-order valence-electron chi connectivity index (χ0n) is 24.6. The molecule has 1 aliphatic rings. The minimum Gasteiger partial charge on any atom is -0.466 e. The number of hydrogen-bond donors (Lipinski definition) is 2. The Bertz CT molecular complexity index is 1190. The lowest BCUT2D eigenvalue weighted by Crippen LogP contribution is -2.45. The average molecular weight is 592 g/mol. The predicted molar refractivity (Wildman–Crippen MR) is 153 cm³/mol. The van der Waals surface area contributed by atoms with Gasteiger partial charge in [-0.05, 0) is 85.9 Å². The number of rotatable bonds is 10. The molecule has 1 fully saturated rings. The van der Waals surface area contributed by atoms with Gasteiger partial charge in [0.25, 0.3) is 5.91 Å². The van der Waals surface area contributed by atoms with Crippen molar-refractivity contribution in [3.63, 3.8) is 0 Å². The SMILES string of the molecule is CCOC(=O)CCNC(=O)c1ccc(CN(C(=O)Nc2ccc(OC(F)(F)F)cc2)[C@H]2CC[C@@H](C(C)(C)C)CC2)cc1. The summed E-state index contributed by atoms with van der Waals surface area (Å²) in [5.74, 6) is -0.531. The first kappa shape index (κ1) is 32.8. The van der Waals surface area contributed by atoms with E-state index in [1.54, 1.807) is 36.1 Å². The van der Waals surface area contributed by atoms with Gasteiger partial charge in [0.05, 0.1) is 13.0 Å². The first-order valence-electron chi connectivity index (χ1n) is 14.2. The average Bonchev–Trinajstić information content (AvgIpc) is 2.92. The summed E-state index contributed by atoms with van der Waals surface area (Å²) < 4.78 is 46.3. The number of esters is 1. The van der Waals surface area contributed by atoms with Gasteiger partial charge in [0, 0.05) is 30.4 Å². The molecule has 0 aliphatic heterocycles. The van der Waals surface area contributed by atoms with Crippen LogP contribution in [0.4, 0.5) is 23.7 Å². The van der Waals surface area contributed by atoms with E-state index in [1.165, 1.54) is 12.1 Å². The van der Waals surface area contributed by atoms with Crippen LogP contribution >= 0.6 is 0 Å². The Hall–Kier alpha value is -3.76. The molecular formula is C31H40F3N3O5. The first-order chi connectivity index (χ1) is 19.7. The maximum atomic E-state index is 13.5. The van der Waals surface area contributed by atoms with E-state index in [9.17, 15) is 27.6 Å². The van der Waals surface area contributed by atoms with Crippen molar-refractivity contribution >= 4 is 23.6 Å². The Morgan fingerprint density at radius 1 is 0.929 bits per heavy atom. The highest BCUT2D eigenvalue weighted by Gasteiger charge is 2.34. The van der Waals surface area contributed by atoms with Crippen molar-refractivity contribution in [1.82, 2.24) is 10.2 Å². The van der Waals surface area contributed by atoms with Crippen molar-refractivity contribution in [2.45, 2.75) is 78.7 Å². The standard InChI is InChI=1S/C31H40F3N3O5/c1-5-41-27(38)18-19-35-28(39)22-8-6-21(7-9-22)20-37(25-14-10-23(11-15-25)30(2,3)4)29(40)36-24-12-16-26(17-13-24)42-31(32,33)34/h6-9,12-13,16-17,23,25H,5,10-11,14-15,18-20H2,1-4H3,(H,35,39)(H,36,40)/t23-,25+. The van der Waals surface area contributed by atoms with Crippen molar-refractivity contribution in [1.29, 1.82) is 0 Å². The lowest BCUT2D eigenvalue weighted by Gasteiger charge is -2.41. The largest absolute Gasteiger partial charge is 0.573 e. The maximum absolute atomic E-state index is 13.5. The van der Waals surface area contributed by atoms with Crippen LogP contribution in [0.5, 0.6) is 5.75 Å². The number of alkyl halides is 3. The summed E-state index contributed by atoms with van der Waals surface area (Å²) in [5, 5.41) is 5.50. The predicted octanol–water partition coefficient (Wildman–Crippen LogP) is 6.91. The van der Waals surface area contributed by atoms with Crippen LogP contribution in [-0.4, -0.2) is 48.4 Å². The van der Waals surface area contributed by atoms with E-state index in [1.807, 2.05) is 0 Å². The third-order valence-electron chi connectivity index (χ3n) is 7.45. The second-order valence-corrected chi connectivity index (χ2v) is 11.5. The quantitative estimate of drug-likeness (QED) is 0.293. The molecular weight excluding hydrogens is 551 g/mol. The molecule has 42 heavy (non-hydrogen) atoms. The van der Waals surface area contributed by atoms with Gasteiger partial charge in [0.2, 0.25) is 0 Å². The smallest absolute Gasteiger partial charge is 0.466 e. The van der Waals surface area contributed by atoms with E-state index in [-0.39, 0.29) is 61.2 Å². The molecule has 11 heteroatoms. The van der Waals surface area contributed by atoms with Crippen LogP contribution in [-0.2, 0) is 16.1 Å². The number of anilines is 1. The van der Waals surface area contributed by atoms with Crippen molar-refractivity contribution in [2.75, 3.05) is 18.5 Å². The number of nitrogens with zero attached hydrogens (tertiary/aromatic N) is 1. The van der Waals surface area contributed by atoms with Gasteiger partial charge in [-0.15, -0.1) is 13.2 Å². The molecule has 2 aromatic rings. The Kier molecular flexibility index (Phi) is 11.2. The molecule has 8 nitrogen and oxygen atoms in total. The fourth-order valence-electron chi connectivity index (χ4n) is 5.13. The summed E-state index contributed by atoms with van der Waals surface area (Å²) in [6.45, 7) is 9.12. The van der Waals surface area contributed by atoms with Gasteiger partial charge in [0.1, 0.15) is 5.75 Å². The topological polar surface area (TPSA) is 97.0 Å². The Balaban J connectivity index is 1.69. The summed E-state index contributed by atoms with van der Waals surface area (Å²) in [6, 6.07) is 11.5. The van der Waals surface area contributed by atoms with Crippen molar-refractivity contribution < 1.29 is 37.0 Å². The lowest BCUT2D eigenvalue weighted by molar-refractivity contribution is -0.274. The van der Waals surface area contributed by atoms with Gasteiger partial charge in [-0.2, -0.15) is 0 Å². The molecule has 0 spiro atoms. The molecule has 1 aliphatic carbocycles. The van der Waals surface area contributed by atoms with Crippen LogP contribution in [0.2, 0.25) is 0 Å². The second-order valence-electron chi connectivity index (χ2n) is 11.5. The molecule has 0 unspecified atom stereocenters. The first-order valence-corrected chi connectivity index (χ1v) is 14.2. The van der Waals surface area contributed by atoms with Gasteiger partial charge in [-0.3, -0.25) is 9.59 Å². The second kappa shape index (κ2) is 14.4. The Morgan fingerprint density at radius 3 is 2.10 bits per heavy atom. The molecule has 3 rings (SSSR count). The van der Waals surface area contributed by atoms with Gasteiger partial charge in [-0.1, -0.05) is 32.9 Å². The normalized spacial score (nSPS) is 17.2. The number of halogens is 3. The van der Waals surface area contributed by atoms with Gasteiger partial charge < -0.3 is 25.0 Å². The molecule has 0 bridgehead atoms. The number of ether oxygens (including phenoxy) is 2. The molecule has 0 aromatic heterocycles. The minimum atomic E-state index is -4.80. The molecule has 0 radical (unpaired) electrons. The number of urea groups is 1. The Morgan fingerprint density at radius 2 is 1.55 bits per heavy atom. The van der Waals surface area contributed by atoms with E-state index >= 15 is 0 Å². The fraction of sp³-hybridized carbons (Fsp3) is 0.516. The molecule has 2 N–H and O–H groups in total. The minimum absolute atomic E-state index is 0.0257. The van der Waals surface area contributed by atoms with Crippen LogP contribution < -0.4 is 15.4 Å². The lowest BCUT2D eigenvalue weighted by atomic mass is 9.71. The Labute approximate surface area is 244 Å². The number of carbonyl (C=O) groups is 3. The van der Waals surface area contributed by atoms with Crippen LogP contribution in [0.1, 0.15) is 75.7 Å². The van der Waals surface area contributed by atoms with Crippen molar-refractivity contribution in [3.8, 4) is 5.75 Å². The number of amides is 3. The number of nitrogens with one attached hydrogen (secondary N) is 2. The molecule has 0 heterocycles. The summed E-state index contributed by atoms with van der Waals surface area (Å²) >= 11 is 0. The van der Waals surface area contributed by atoms with Gasteiger partial charge in [0.15, 0.2) is 0 Å². The highest BCUT2D eigenvalue weighted by Crippen LogP contribution is 2.39. The van der Waals surface area contributed by atoms with Crippen molar-refractivity contribution in [3.05, 3.63) is 59.7 Å². The van der Waals surface area contributed by atoms with Crippen LogP contribution in [0.25, 0.3) is 0 Å². The summed E-state index contributed by atoms with van der Waals surface area (Å²) in [5.41, 5.74) is 1.76. The highest BCUT2D eigenvalue weighted by molar-refractivity contribution is 5.94. The van der Waals surface area contributed by atoms with E-state index in [2.05, 4.69) is 36.1 Å². The third kappa shape index (κ3) is 10.3. The van der Waals surface area contributed by atoms with E-state index < -0.39 is 6.36 Å². The molecule has 1 saturated carbocycles. The molecule has 3 amide bonds. The summed E-state index contributed by atoms with van der Waals surface area (Å²) in [4.78, 5) is 39.2. The number of carbonyl (C=O) groups excluding carboxylic acids is 3. The highest BCUT2D eigenvalue weighted by atomic mass is 19.4. The number of hydrogen-bond acceptors (Lipinski definition) is 5. The monoisotopic (exact) mass is 591 g/mol. The summed E-state index contributed by atoms with van der Waals surface area (Å²) in [7, 11) is 0. The van der Waals surface area contributed by atoms with Gasteiger partial charge in [-0.25, -0.2) is 4.79 Å². The maximum Gasteiger partial charge on any atom is 0.573 e. The van der Waals surface area contributed by atoms with Gasteiger partial charge >= 0.3 is 18.4 Å². The zero-order valence-corrected chi connectivity index (χ0v) is 24.6. The zero-order chi connectivity index (χ0) is 30.9. The molecule has 0 saturated heterocycles. The number of benzene rings is 2. The third-order valence-corrected chi connectivity index (χ3v) is 7.45. The summed E-state index contributed by atoms with van der Waals surface area (Å²) in [6.07, 6.45) is -1.11. The van der Waals surface area contributed by atoms with Crippen LogP contribution in [0.3, 0.4) is 0 Å². The fourth-order valence-corrected chi connectivity index (χ4v) is 5.13.